The Balaban J connectivity index is 1.35. The molecule has 1 fully saturated rings. The fourth-order valence-corrected chi connectivity index (χ4v) is 5.47. The van der Waals surface area contributed by atoms with Gasteiger partial charge in [0.05, 0.1) is 15.7 Å². The number of fused-ring (bicyclic) bond motifs is 2. The Hall–Kier alpha value is -2.60. The van der Waals surface area contributed by atoms with Gasteiger partial charge in [0.1, 0.15) is 5.82 Å². The summed E-state index contributed by atoms with van der Waals surface area (Å²) in [5.41, 5.74) is 4.40. The van der Waals surface area contributed by atoms with Gasteiger partial charge in [-0.2, -0.15) is 0 Å². The quantitative estimate of drug-likeness (QED) is 0.421. The van der Waals surface area contributed by atoms with E-state index in [1.165, 1.54) is 17.2 Å². The second-order valence-electron chi connectivity index (χ2n) is 9.32. The molecule has 4 nitrogen and oxygen atoms in total. The van der Waals surface area contributed by atoms with Gasteiger partial charge in [-0.05, 0) is 74.3 Å². The summed E-state index contributed by atoms with van der Waals surface area (Å²) in [5.74, 6) is -0.277. The van der Waals surface area contributed by atoms with Crippen molar-refractivity contribution in [3.05, 3.63) is 93.2 Å². The molecule has 5 rings (SSSR count). The monoisotopic (exact) mass is 497 g/mol. The molecular weight excluding hydrogens is 472 g/mol. The van der Waals surface area contributed by atoms with Crippen molar-refractivity contribution in [3.63, 3.8) is 0 Å². The minimum Gasteiger partial charge on any atom is -0.306 e. The summed E-state index contributed by atoms with van der Waals surface area (Å²) < 4.78 is 14.3. The Morgan fingerprint density at radius 1 is 1.06 bits per heavy atom. The Morgan fingerprint density at radius 3 is 2.53 bits per heavy atom. The number of carbonyl (C=O) groups is 1. The largest absolute Gasteiger partial charge is 0.326 e. The van der Waals surface area contributed by atoms with Crippen LogP contribution in [0.5, 0.6) is 0 Å². The van der Waals surface area contributed by atoms with Gasteiger partial charge in [0.25, 0.3) is 0 Å². The lowest BCUT2D eigenvalue weighted by molar-refractivity contribution is 0.160. The number of likely N-dealkylation sites (tertiary alicyclic amines) is 1. The zero-order chi connectivity index (χ0) is 23.9. The van der Waals surface area contributed by atoms with Gasteiger partial charge in [0.2, 0.25) is 0 Å². The molecular formula is C27H26Cl2FN3O. The Bertz CT molecular complexity index is 1220. The highest BCUT2D eigenvalue weighted by Gasteiger charge is 2.46. The van der Waals surface area contributed by atoms with Crippen molar-refractivity contribution in [1.82, 2.24) is 4.90 Å². The summed E-state index contributed by atoms with van der Waals surface area (Å²) in [7, 11) is 0. The average molecular weight is 498 g/mol. The lowest BCUT2D eigenvalue weighted by Crippen LogP contribution is -2.46. The maximum absolute atomic E-state index is 14.3. The van der Waals surface area contributed by atoms with Crippen LogP contribution in [0.1, 0.15) is 29.5 Å². The molecule has 1 saturated heterocycles. The minimum atomic E-state index is -0.295. The fourth-order valence-electron chi connectivity index (χ4n) is 5.12. The number of piperidine rings is 1. The van der Waals surface area contributed by atoms with Crippen molar-refractivity contribution in [2.24, 2.45) is 0 Å². The Kier molecular flexibility index (Phi) is 6.28. The van der Waals surface area contributed by atoms with E-state index in [0.29, 0.717) is 22.3 Å². The van der Waals surface area contributed by atoms with E-state index in [-0.39, 0.29) is 17.3 Å². The van der Waals surface area contributed by atoms with Crippen LogP contribution < -0.4 is 10.2 Å². The molecule has 0 unspecified atom stereocenters. The van der Waals surface area contributed by atoms with E-state index in [1.807, 2.05) is 0 Å². The first kappa shape index (κ1) is 23.2. The molecule has 1 N–H and O–H groups in total. The van der Waals surface area contributed by atoms with Crippen LogP contribution in [0.4, 0.5) is 20.6 Å². The van der Waals surface area contributed by atoms with Crippen molar-refractivity contribution in [2.75, 3.05) is 29.9 Å². The van der Waals surface area contributed by atoms with E-state index in [9.17, 15) is 9.18 Å². The third-order valence-corrected chi connectivity index (χ3v) is 7.88. The molecule has 176 valence electrons. The molecule has 3 aromatic rings. The standard InChI is InChI=1S/C27H26Cl2FN3O/c1-18-5-7-19(8-6-18)16-32-13-11-27(12-14-32)17-33(24-10-9-20(30)15-21(24)27)26(34)31-23-4-2-3-22(28)25(23)29/h2-10,15H,11-14,16-17H2,1H3,(H,31,34). The van der Waals surface area contributed by atoms with Crippen LogP contribution in [-0.4, -0.2) is 30.6 Å². The lowest BCUT2D eigenvalue weighted by atomic mass is 9.74. The first-order valence-electron chi connectivity index (χ1n) is 11.5. The Labute approximate surface area is 209 Å². The van der Waals surface area contributed by atoms with Crippen LogP contribution in [0, 0.1) is 12.7 Å². The van der Waals surface area contributed by atoms with Gasteiger partial charge >= 0.3 is 6.03 Å². The number of urea groups is 1. The number of amides is 2. The first-order valence-corrected chi connectivity index (χ1v) is 12.2. The summed E-state index contributed by atoms with van der Waals surface area (Å²) in [6.45, 7) is 5.27. The van der Waals surface area contributed by atoms with Crippen LogP contribution in [0.25, 0.3) is 0 Å². The van der Waals surface area contributed by atoms with E-state index < -0.39 is 0 Å². The van der Waals surface area contributed by atoms with Crippen LogP contribution in [0.15, 0.2) is 60.7 Å². The third-order valence-electron chi connectivity index (χ3n) is 7.06. The number of hydrogen-bond acceptors (Lipinski definition) is 2. The highest BCUT2D eigenvalue weighted by molar-refractivity contribution is 6.44. The van der Waals surface area contributed by atoms with E-state index in [4.69, 9.17) is 23.2 Å². The molecule has 2 amide bonds. The van der Waals surface area contributed by atoms with E-state index in [0.717, 1.165) is 43.7 Å². The van der Waals surface area contributed by atoms with Gasteiger partial charge in [-0.3, -0.25) is 9.80 Å². The highest BCUT2D eigenvalue weighted by Crippen LogP contribution is 2.47. The SMILES string of the molecule is Cc1ccc(CN2CCC3(CC2)CN(C(=O)Nc2cccc(Cl)c2Cl)c2ccc(F)cc23)cc1. The highest BCUT2D eigenvalue weighted by atomic mass is 35.5. The van der Waals surface area contributed by atoms with Gasteiger partial charge in [0, 0.05) is 24.2 Å². The number of halogens is 3. The van der Waals surface area contributed by atoms with Crippen molar-refractivity contribution in [1.29, 1.82) is 0 Å². The average Bonchev–Trinajstić information content (AvgIpc) is 3.13. The molecule has 0 atom stereocenters. The number of rotatable bonds is 3. The summed E-state index contributed by atoms with van der Waals surface area (Å²) in [4.78, 5) is 17.4. The van der Waals surface area contributed by atoms with E-state index >= 15 is 0 Å². The van der Waals surface area contributed by atoms with Crippen LogP contribution in [-0.2, 0) is 12.0 Å². The normalized spacial score (nSPS) is 17.1. The third kappa shape index (κ3) is 4.40. The van der Waals surface area contributed by atoms with E-state index in [1.54, 1.807) is 35.2 Å². The number of nitrogens with zero attached hydrogens (tertiary/aromatic N) is 2. The molecule has 0 saturated carbocycles. The van der Waals surface area contributed by atoms with Crippen molar-refractivity contribution in [2.45, 2.75) is 31.7 Å². The smallest absolute Gasteiger partial charge is 0.306 e. The van der Waals surface area contributed by atoms with E-state index in [2.05, 4.69) is 41.4 Å². The molecule has 2 aliphatic rings. The second kappa shape index (κ2) is 9.21. The Morgan fingerprint density at radius 2 is 1.79 bits per heavy atom. The van der Waals surface area contributed by atoms with Crippen molar-refractivity contribution in [3.8, 4) is 0 Å². The molecule has 0 aliphatic carbocycles. The van der Waals surface area contributed by atoms with Gasteiger partial charge in [0.15, 0.2) is 0 Å². The summed E-state index contributed by atoms with van der Waals surface area (Å²) in [5, 5.41) is 3.56. The summed E-state index contributed by atoms with van der Waals surface area (Å²) >= 11 is 12.4. The number of aryl methyl sites for hydroxylation is 1. The van der Waals surface area contributed by atoms with Gasteiger partial charge in [-0.1, -0.05) is 59.1 Å². The number of nitrogens with one attached hydrogen (secondary N) is 1. The van der Waals surface area contributed by atoms with Crippen molar-refractivity contribution >= 4 is 40.6 Å². The molecule has 3 aromatic carbocycles. The number of anilines is 2. The maximum Gasteiger partial charge on any atom is 0.326 e. The topological polar surface area (TPSA) is 35.6 Å². The van der Waals surface area contributed by atoms with Crippen LogP contribution in [0.2, 0.25) is 10.0 Å². The molecule has 0 aromatic heterocycles. The molecule has 0 radical (unpaired) electrons. The maximum atomic E-state index is 14.3. The predicted octanol–water partition coefficient (Wildman–Crippen LogP) is 7.03. The van der Waals surface area contributed by atoms with Crippen LogP contribution in [0.3, 0.4) is 0 Å². The van der Waals surface area contributed by atoms with Crippen LogP contribution >= 0.6 is 23.2 Å². The summed E-state index contributed by atoms with van der Waals surface area (Å²) in [6, 6.07) is 18.2. The predicted molar refractivity (Wildman–Crippen MR) is 137 cm³/mol. The van der Waals surface area contributed by atoms with Crippen molar-refractivity contribution < 1.29 is 9.18 Å². The zero-order valence-electron chi connectivity index (χ0n) is 19.0. The number of hydrogen-bond donors (Lipinski definition) is 1. The lowest BCUT2D eigenvalue weighted by Gasteiger charge is -2.40. The molecule has 2 aliphatic heterocycles. The van der Waals surface area contributed by atoms with Gasteiger partial charge in [-0.25, -0.2) is 9.18 Å². The minimum absolute atomic E-state index is 0.267. The van der Waals surface area contributed by atoms with Gasteiger partial charge in [-0.15, -0.1) is 0 Å². The van der Waals surface area contributed by atoms with Gasteiger partial charge < -0.3 is 5.32 Å². The second-order valence-corrected chi connectivity index (χ2v) is 10.1. The summed E-state index contributed by atoms with van der Waals surface area (Å²) in [6.07, 6.45) is 1.72. The zero-order valence-corrected chi connectivity index (χ0v) is 20.5. The molecule has 34 heavy (non-hydrogen) atoms. The molecule has 1 spiro atoms. The first-order chi connectivity index (χ1) is 16.3. The molecule has 0 bridgehead atoms. The fraction of sp³-hybridized carbons (Fsp3) is 0.296. The number of benzene rings is 3. The number of carbonyl (C=O) groups excluding carboxylic acids is 1. The molecule has 2 heterocycles. The molecule has 7 heteroatoms.